The molecule has 0 fully saturated rings. The lowest BCUT2D eigenvalue weighted by atomic mass is 10.0. The second-order valence-corrected chi connectivity index (χ2v) is 5.57. The summed E-state index contributed by atoms with van der Waals surface area (Å²) in [6, 6.07) is 8.17. The largest absolute Gasteiger partial charge is 0.375 e. The Morgan fingerprint density at radius 3 is 3.11 bits per heavy atom. The van der Waals surface area contributed by atoms with Crippen LogP contribution in [0, 0.1) is 0 Å². The van der Waals surface area contributed by atoms with Gasteiger partial charge in [-0.3, -0.25) is 4.79 Å². The molecule has 3 rings (SSSR count). The summed E-state index contributed by atoms with van der Waals surface area (Å²) < 4.78 is 0. The van der Waals surface area contributed by atoms with Crippen LogP contribution in [0.4, 0.5) is 5.13 Å². The molecular weight excluding hydrogens is 258 g/mol. The molecule has 19 heavy (non-hydrogen) atoms. The molecule has 1 amide bonds. The number of amides is 1. The Balaban J connectivity index is 1.66. The van der Waals surface area contributed by atoms with Crippen molar-refractivity contribution in [1.29, 1.82) is 0 Å². The predicted molar refractivity (Wildman–Crippen MR) is 75.9 cm³/mol. The van der Waals surface area contributed by atoms with Gasteiger partial charge in [-0.2, -0.15) is 0 Å². The summed E-state index contributed by atoms with van der Waals surface area (Å²) in [5.74, 6) is 0.0590. The lowest BCUT2D eigenvalue weighted by molar-refractivity contribution is -0.122. The topological polar surface area (TPSA) is 68.0 Å². The number of nitrogens with two attached hydrogens (primary N) is 1. The van der Waals surface area contributed by atoms with Gasteiger partial charge >= 0.3 is 0 Å². The summed E-state index contributed by atoms with van der Waals surface area (Å²) in [6.07, 6.45) is 1.88. The monoisotopic (exact) mass is 273 g/mol. The number of nitrogens with one attached hydrogen (secondary N) is 1. The van der Waals surface area contributed by atoms with Crippen LogP contribution in [-0.4, -0.2) is 10.9 Å². The summed E-state index contributed by atoms with van der Waals surface area (Å²) >= 11 is 1.39. The average Bonchev–Trinajstić information content (AvgIpc) is 3.02. The predicted octanol–water partition coefficient (Wildman–Crippen LogP) is 2.07. The number of hydrogen-bond acceptors (Lipinski definition) is 4. The fourth-order valence-corrected chi connectivity index (χ4v) is 3.10. The number of rotatable bonds is 3. The van der Waals surface area contributed by atoms with Crippen molar-refractivity contribution in [1.82, 2.24) is 10.3 Å². The van der Waals surface area contributed by atoms with Crippen molar-refractivity contribution in [2.75, 3.05) is 5.73 Å². The van der Waals surface area contributed by atoms with E-state index in [1.807, 2.05) is 23.6 Å². The van der Waals surface area contributed by atoms with Crippen molar-refractivity contribution in [2.24, 2.45) is 0 Å². The fraction of sp³-hybridized carbons (Fsp3) is 0.286. The molecule has 0 saturated carbocycles. The molecule has 1 aliphatic carbocycles. The van der Waals surface area contributed by atoms with Crippen LogP contribution in [-0.2, 0) is 17.8 Å². The van der Waals surface area contributed by atoms with Crippen molar-refractivity contribution in [2.45, 2.75) is 25.3 Å². The summed E-state index contributed by atoms with van der Waals surface area (Å²) in [4.78, 5) is 16.4. The minimum absolute atomic E-state index is 0.0211. The Bertz CT molecular complexity index is 608. The van der Waals surface area contributed by atoms with Gasteiger partial charge in [-0.05, 0) is 24.0 Å². The number of thiazole rings is 1. The van der Waals surface area contributed by atoms with Crippen LogP contribution in [0.5, 0.6) is 0 Å². The Labute approximate surface area is 115 Å². The lowest BCUT2D eigenvalue weighted by Crippen LogP contribution is -2.28. The molecule has 1 atom stereocenters. The molecule has 0 radical (unpaired) electrons. The van der Waals surface area contributed by atoms with Crippen molar-refractivity contribution < 1.29 is 4.79 Å². The van der Waals surface area contributed by atoms with Gasteiger partial charge in [0.2, 0.25) is 5.91 Å². The third-order valence-corrected chi connectivity index (χ3v) is 4.19. The average molecular weight is 273 g/mol. The number of benzene rings is 1. The van der Waals surface area contributed by atoms with Crippen molar-refractivity contribution in [3.8, 4) is 0 Å². The molecule has 0 bridgehead atoms. The Morgan fingerprint density at radius 2 is 2.32 bits per heavy atom. The van der Waals surface area contributed by atoms with Crippen molar-refractivity contribution in [3.63, 3.8) is 0 Å². The van der Waals surface area contributed by atoms with E-state index >= 15 is 0 Å². The number of nitrogen functional groups attached to an aromatic ring is 1. The van der Waals surface area contributed by atoms with Gasteiger partial charge in [-0.15, -0.1) is 11.3 Å². The highest BCUT2D eigenvalue weighted by Gasteiger charge is 2.27. The first-order chi connectivity index (χ1) is 9.24. The number of fused-ring (bicyclic) bond motifs is 1. The standard InChI is InChI=1S/C14H15N3OS/c15-14-17-10(8-19-14)7-16-13(18)12-6-5-9-3-1-2-4-11(9)12/h1-4,8,12H,5-7H2,(H2,15,17)(H,16,18). The summed E-state index contributed by atoms with van der Waals surface area (Å²) in [7, 11) is 0. The molecule has 0 spiro atoms. The number of carbonyl (C=O) groups excluding carboxylic acids is 1. The highest BCUT2D eigenvalue weighted by molar-refractivity contribution is 7.13. The van der Waals surface area contributed by atoms with E-state index in [0.29, 0.717) is 11.7 Å². The Morgan fingerprint density at radius 1 is 1.47 bits per heavy atom. The van der Waals surface area contributed by atoms with E-state index in [-0.39, 0.29) is 11.8 Å². The SMILES string of the molecule is Nc1nc(CNC(=O)C2CCc3ccccc32)cs1. The highest BCUT2D eigenvalue weighted by atomic mass is 32.1. The third-order valence-electron chi connectivity index (χ3n) is 3.46. The van der Waals surface area contributed by atoms with E-state index in [1.54, 1.807) is 0 Å². The zero-order chi connectivity index (χ0) is 13.2. The molecule has 5 heteroatoms. The molecule has 1 unspecified atom stereocenters. The molecule has 1 aromatic heterocycles. The maximum Gasteiger partial charge on any atom is 0.227 e. The maximum absolute atomic E-state index is 12.2. The zero-order valence-electron chi connectivity index (χ0n) is 10.4. The molecule has 4 nitrogen and oxygen atoms in total. The van der Waals surface area contributed by atoms with Crippen LogP contribution in [0.3, 0.4) is 0 Å². The van der Waals surface area contributed by atoms with Crippen LogP contribution in [0.2, 0.25) is 0 Å². The van der Waals surface area contributed by atoms with Gasteiger partial charge in [0, 0.05) is 5.38 Å². The minimum atomic E-state index is -0.0211. The number of aryl methyl sites for hydroxylation is 1. The quantitative estimate of drug-likeness (QED) is 0.899. The molecule has 3 N–H and O–H groups in total. The van der Waals surface area contributed by atoms with Gasteiger partial charge in [0.25, 0.3) is 0 Å². The first-order valence-electron chi connectivity index (χ1n) is 6.29. The highest BCUT2D eigenvalue weighted by Crippen LogP contribution is 2.32. The van der Waals surface area contributed by atoms with E-state index < -0.39 is 0 Å². The van der Waals surface area contributed by atoms with E-state index in [9.17, 15) is 4.79 Å². The van der Waals surface area contributed by atoms with Crippen molar-refractivity contribution >= 4 is 22.4 Å². The summed E-state index contributed by atoms with van der Waals surface area (Å²) in [6.45, 7) is 0.450. The van der Waals surface area contributed by atoms with Crippen molar-refractivity contribution in [3.05, 3.63) is 46.5 Å². The fourth-order valence-electron chi connectivity index (χ4n) is 2.53. The number of carbonyl (C=O) groups is 1. The molecule has 1 heterocycles. The molecule has 0 aliphatic heterocycles. The van der Waals surface area contributed by atoms with Crippen LogP contribution in [0.1, 0.15) is 29.2 Å². The van der Waals surface area contributed by atoms with Gasteiger partial charge in [-0.25, -0.2) is 4.98 Å². The normalized spacial score (nSPS) is 17.2. The molecule has 1 aliphatic rings. The number of aromatic nitrogens is 1. The molecule has 0 saturated heterocycles. The van der Waals surface area contributed by atoms with Gasteiger partial charge in [0.05, 0.1) is 18.2 Å². The van der Waals surface area contributed by atoms with Gasteiger partial charge < -0.3 is 11.1 Å². The van der Waals surface area contributed by atoms with Gasteiger partial charge in [-0.1, -0.05) is 24.3 Å². The third kappa shape index (κ3) is 2.46. The van der Waals surface area contributed by atoms with E-state index in [1.165, 1.54) is 16.9 Å². The molecular formula is C14H15N3OS. The maximum atomic E-state index is 12.2. The van der Waals surface area contributed by atoms with Crippen LogP contribution in [0.15, 0.2) is 29.6 Å². The van der Waals surface area contributed by atoms with Crippen LogP contribution < -0.4 is 11.1 Å². The van der Waals surface area contributed by atoms with Crippen LogP contribution >= 0.6 is 11.3 Å². The first kappa shape index (κ1) is 12.2. The van der Waals surface area contributed by atoms with E-state index in [2.05, 4.69) is 16.4 Å². The summed E-state index contributed by atoms with van der Waals surface area (Å²) in [5.41, 5.74) is 8.84. The number of nitrogens with zero attached hydrogens (tertiary/aromatic N) is 1. The minimum Gasteiger partial charge on any atom is -0.375 e. The molecule has 1 aromatic carbocycles. The van der Waals surface area contributed by atoms with Crippen LogP contribution in [0.25, 0.3) is 0 Å². The zero-order valence-corrected chi connectivity index (χ0v) is 11.2. The first-order valence-corrected chi connectivity index (χ1v) is 7.17. The second kappa shape index (κ2) is 5.01. The molecule has 98 valence electrons. The second-order valence-electron chi connectivity index (χ2n) is 4.68. The smallest absolute Gasteiger partial charge is 0.227 e. The van der Waals surface area contributed by atoms with Gasteiger partial charge in [0.15, 0.2) is 5.13 Å². The number of hydrogen-bond donors (Lipinski definition) is 2. The van der Waals surface area contributed by atoms with E-state index in [4.69, 9.17) is 5.73 Å². The summed E-state index contributed by atoms with van der Waals surface area (Å²) in [5, 5.41) is 5.36. The Kier molecular flexibility index (Phi) is 3.21. The number of anilines is 1. The van der Waals surface area contributed by atoms with Gasteiger partial charge in [0.1, 0.15) is 0 Å². The Hall–Kier alpha value is -1.88. The lowest BCUT2D eigenvalue weighted by Gasteiger charge is -2.11. The van der Waals surface area contributed by atoms with E-state index in [0.717, 1.165) is 24.1 Å². The molecule has 2 aromatic rings.